The van der Waals surface area contributed by atoms with E-state index < -0.39 is 53.4 Å². The molecule has 0 heterocycles. The average molecular weight is 562 g/mol. The Hall–Kier alpha value is -2.59. The number of aliphatic hydroxyl groups is 2. The molecule has 3 saturated carbocycles. The molecule has 3 fully saturated rings. The highest BCUT2D eigenvalue weighted by atomic mass is 16.5. The van der Waals surface area contributed by atoms with Crippen LogP contribution in [0.1, 0.15) is 85.5 Å². The molecule has 40 heavy (non-hydrogen) atoms. The van der Waals surface area contributed by atoms with E-state index in [1.165, 1.54) is 0 Å². The number of ketones is 2. The maximum absolute atomic E-state index is 13.4. The summed E-state index contributed by atoms with van der Waals surface area (Å²) in [6.07, 6.45) is 4.20. The highest BCUT2D eigenvalue weighted by Crippen LogP contribution is 2.67. The van der Waals surface area contributed by atoms with Gasteiger partial charge in [-0.25, -0.2) is 4.79 Å². The number of fused-ring (bicyclic) bond motifs is 5. The summed E-state index contributed by atoms with van der Waals surface area (Å²) in [5.74, 6) is -3.31. The fourth-order valence-corrected chi connectivity index (χ4v) is 8.46. The molecule has 0 aromatic rings. The van der Waals surface area contributed by atoms with Crippen LogP contribution in [0.5, 0.6) is 0 Å². The minimum Gasteiger partial charge on any atom is -0.480 e. The number of Topliss-reactive ketones (excluding diaryl/α,β-unsaturated/α-hetero) is 1. The van der Waals surface area contributed by atoms with E-state index in [1.54, 1.807) is 19.9 Å². The second kappa shape index (κ2) is 11.0. The minimum atomic E-state index is -1.76. The molecule has 222 valence electrons. The highest BCUT2D eigenvalue weighted by Gasteiger charge is 2.68. The number of ether oxygens (including phenoxy) is 1. The van der Waals surface area contributed by atoms with Crippen molar-refractivity contribution in [2.75, 3.05) is 6.61 Å². The van der Waals surface area contributed by atoms with Crippen molar-refractivity contribution in [3.8, 4) is 0 Å². The van der Waals surface area contributed by atoms with Crippen LogP contribution in [0.3, 0.4) is 0 Å². The van der Waals surface area contributed by atoms with Gasteiger partial charge in [-0.3, -0.25) is 19.2 Å². The van der Waals surface area contributed by atoms with E-state index in [-0.39, 0.29) is 60.6 Å². The number of allylic oxidation sites excluding steroid dienone is 1. The number of hydrogen-bond donors (Lipinski definition) is 4. The Kier molecular flexibility index (Phi) is 8.36. The first-order valence-corrected chi connectivity index (χ1v) is 14.5. The molecule has 0 saturated heterocycles. The molecule has 4 aliphatic rings. The molecule has 1 amide bonds. The zero-order valence-corrected chi connectivity index (χ0v) is 23.9. The van der Waals surface area contributed by atoms with Gasteiger partial charge in [0.2, 0.25) is 11.7 Å². The molecule has 8 atom stereocenters. The van der Waals surface area contributed by atoms with Crippen molar-refractivity contribution in [2.24, 2.45) is 34.5 Å². The molecule has 0 spiro atoms. The van der Waals surface area contributed by atoms with Crippen LogP contribution < -0.4 is 5.32 Å². The van der Waals surface area contributed by atoms with Gasteiger partial charge in [0.1, 0.15) is 11.6 Å². The van der Waals surface area contributed by atoms with Crippen molar-refractivity contribution >= 4 is 29.4 Å². The molecule has 0 aromatic carbocycles. The molecule has 10 heteroatoms. The maximum atomic E-state index is 13.4. The number of carbonyl (C=O) groups is 5. The van der Waals surface area contributed by atoms with Crippen LogP contribution in [0.15, 0.2) is 11.6 Å². The zero-order chi connectivity index (χ0) is 29.6. The van der Waals surface area contributed by atoms with E-state index in [0.717, 1.165) is 18.4 Å². The summed E-state index contributed by atoms with van der Waals surface area (Å²) in [6.45, 7) is 6.68. The van der Waals surface area contributed by atoms with Crippen molar-refractivity contribution in [2.45, 2.75) is 103 Å². The van der Waals surface area contributed by atoms with Crippen molar-refractivity contribution in [1.29, 1.82) is 0 Å². The van der Waals surface area contributed by atoms with Gasteiger partial charge in [0.05, 0.1) is 12.5 Å². The van der Waals surface area contributed by atoms with E-state index >= 15 is 0 Å². The number of nitrogens with one attached hydrogen (secondary N) is 1. The number of rotatable bonds is 9. The van der Waals surface area contributed by atoms with Gasteiger partial charge < -0.3 is 25.4 Å². The maximum Gasteiger partial charge on any atom is 0.326 e. The van der Waals surface area contributed by atoms with Gasteiger partial charge in [0, 0.05) is 18.3 Å². The molecule has 4 rings (SSSR count). The standard InChI is InChI=1S/C30H43NO9/c1-16(2)26(27(37)38)31-23(35)7-8-24(36)40-15-22(34)30(39)12-10-20-19-6-5-17-13-18(32)9-11-28(17,3)25(19)21(33)14-29(20,30)4/h13,16,19-21,25-26,33,39H,5-12,14-15H2,1-4H3,(H,31,35)(H,37,38)/t19-,20+,21-,25+,26-,28-,29-,30-/m0/s1. The third kappa shape index (κ3) is 5.13. The Balaban J connectivity index is 1.38. The van der Waals surface area contributed by atoms with E-state index in [2.05, 4.69) is 12.2 Å². The van der Waals surface area contributed by atoms with Crippen LogP contribution in [0.2, 0.25) is 0 Å². The average Bonchev–Trinajstić information content (AvgIpc) is 3.15. The van der Waals surface area contributed by atoms with Gasteiger partial charge in [-0.05, 0) is 73.7 Å². The lowest BCUT2D eigenvalue weighted by atomic mass is 9.45. The number of amides is 1. The molecule has 0 bridgehead atoms. The lowest BCUT2D eigenvalue weighted by molar-refractivity contribution is -0.184. The number of esters is 1. The Labute approximate surface area is 234 Å². The Bertz CT molecular complexity index is 1110. The first-order valence-electron chi connectivity index (χ1n) is 14.5. The normalized spacial score (nSPS) is 37.5. The van der Waals surface area contributed by atoms with Gasteiger partial charge in [0.25, 0.3) is 0 Å². The van der Waals surface area contributed by atoms with Crippen molar-refractivity contribution < 1.29 is 44.0 Å². The van der Waals surface area contributed by atoms with Crippen molar-refractivity contribution in [3.63, 3.8) is 0 Å². The van der Waals surface area contributed by atoms with E-state index in [4.69, 9.17) is 4.74 Å². The molecule has 4 aliphatic carbocycles. The van der Waals surface area contributed by atoms with Gasteiger partial charge in [-0.1, -0.05) is 33.3 Å². The second-order valence-electron chi connectivity index (χ2n) is 13.2. The summed E-state index contributed by atoms with van der Waals surface area (Å²) in [6, 6.07) is -1.07. The van der Waals surface area contributed by atoms with Crippen LogP contribution in [0.4, 0.5) is 0 Å². The summed E-state index contributed by atoms with van der Waals surface area (Å²) in [4.78, 5) is 61.1. The topological polar surface area (TPSA) is 167 Å². The van der Waals surface area contributed by atoms with E-state index in [9.17, 15) is 39.3 Å². The van der Waals surface area contributed by atoms with E-state index in [0.29, 0.717) is 19.3 Å². The summed E-state index contributed by atoms with van der Waals surface area (Å²) >= 11 is 0. The van der Waals surface area contributed by atoms with Gasteiger partial charge in [-0.2, -0.15) is 0 Å². The molecule has 0 unspecified atom stereocenters. The third-order valence-electron chi connectivity index (χ3n) is 10.7. The first kappa shape index (κ1) is 30.4. The number of carbonyl (C=O) groups excluding carboxylic acids is 4. The van der Waals surface area contributed by atoms with Gasteiger partial charge in [-0.15, -0.1) is 0 Å². The molecule has 10 nitrogen and oxygen atoms in total. The van der Waals surface area contributed by atoms with Gasteiger partial charge in [0.15, 0.2) is 12.4 Å². The fourth-order valence-electron chi connectivity index (χ4n) is 8.46. The molecule has 0 aromatic heterocycles. The number of carboxylic acids is 1. The van der Waals surface area contributed by atoms with Crippen LogP contribution in [-0.2, 0) is 28.7 Å². The van der Waals surface area contributed by atoms with Crippen molar-refractivity contribution in [1.82, 2.24) is 5.32 Å². The second-order valence-corrected chi connectivity index (χ2v) is 13.2. The summed E-state index contributed by atoms with van der Waals surface area (Å²) in [5, 5.41) is 34.8. The Morgan fingerprint density at radius 2 is 1.80 bits per heavy atom. The predicted octanol–water partition coefficient (Wildman–Crippen LogP) is 2.34. The first-order chi connectivity index (χ1) is 18.6. The smallest absolute Gasteiger partial charge is 0.326 e. The number of aliphatic hydroxyl groups excluding tert-OH is 1. The van der Waals surface area contributed by atoms with Crippen LogP contribution in [-0.4, -0.2) is 69.1 Å². The number of hydrogen-bond acceptors (Lipinski definition) is 8. The van der Waals surface area contributed by atoms with Crippen LogP contribution >= 0.6 is 0 Å². The number of carboxylic acid groups (broad SMARTS) is 1. The van der Waals surface area contributed by atoms with Crippen molar-refractivity contribution in [3.05, 3.63) is 11.6 Å². The SMILES string of the molecule is CC(C)[C@H](NC(=O)CCC(=O)OCC(=O)[C@@]1(O)CC[C@@H]2[C@@H]3CCC4=CC(=O)CC[C@]4(C)[C@H]3[C@@H](O)C[C@@]21C)C(=O)O. The summed E-state index contributed by atoms with van der Waals surface area (Å²) in [5.41, 5.74) is -1.81. The monoisotopic (exact) mass is 561 g/mol. The Morgan fingerprint density at radius 3 is 2.45 bits per heavy atom. The summed E-state index contributed by atoms with van der Waals surface area (Å²) in [7, 11) is 0. The van der Waals surface area contributed by atoms with Crippen LogP contribution in [0.25, 0.3) is 0 Å². The zero-order valence-electron chi connectivity index (χ0n) is 23.9. The predicted molar refractivity (Wildman–Crippen MR) is 143 cm³/mol. The molecule has 4 N–H and O–H groups in total. The lowest BCUT2D eigenvalue weighted by Crippen LogP contribution is -2.62. The molecule has 0 aliphatic heterocycles. The van der Waals surface area contributed by atoms with Crippen LogP contribution in [0, 0.1) is 34.5 Å². The molecule has 0 radical (unpaired) electrons. The molecular formula is C30H43NO9. The highest BCUT2D eigenvalue weighted by molar-refractivity contribution is 5.92. The van der Waals surface area contributed by atoms with E-state index in [1.807, 2.05) is 6.92 Å². The van der Waals surface area contributed by atoms with Gasteiger partial charge >= 0.3 is 11.9 Å². The minimum absolute atomic E-state index is 0.00777. The molecular weight excluding hydrogens is 518 g/mol. The number of aliphatic carboxylic acids is 1. The fraction of sp³-hybridized carbons (Fsp3) is 0.767. The summed E-state index contributed by atoms with van der Waals surface area (Å²) < 4.78 is 5.14. The largest absolute Gasteiger partial charge is 0.480 e. The quantitative estimate of drug-likeness (QED) is 0.309. The lowest BCUT2D eigenvalue weighted by Gasteiger charge is -2.60. The third-order valence-corrected chi connectivity index (χ3v) is 10.7. The Morgan fingerprint density at radius 1 is 1.10 bits per heavy atom.